The summed E-state index contributed by atoms with van der Waals surface area (Å²) in [5.41, 5.74) is 3.91. The van der Waals surface area contributed by atoms with Crippen molar-refractivity contribution >= 4 is 11.8 Å². The fourth-order valence-electron chi connectivity index (χ4n) is 5.63. The number of amides is 2. The molecule has 1 aliphatic heterocycles. The molecular formula is C21H19NO3. The van der Waals surface area contributed by atoms with Crippen LogP contribution in [-0.2, 0) is 19.7 Å². The lowest BCUT2D eigenvalue weighted by molar-refractivity contribution is -0.128. The molecule has 2 bridgehead atoms. The lowest BCUT2D eigenvalue weighted by Crippen LogP contribution is -2.59. The number of carbonyl (C=O) groups is 2. The van der Waals surface area contributed by atoms with E-state index in [9.17, 15) is 9.59 Å². The van der Waals surface area contributed by atoms with Crippen LogP contribution in [0.1, 0.15) is 35.1 Å². The van der Waals surface area contributed by atoms with Gasteiger partial charge in [-0.25, -0.2) is 0 Å². The van der Waals surface area contributed by atoms with Crippen molar-refractivity contribution in [2.24, 2.45) is 11.8 Å². The van der Waals surface area contributed by atoms with Crippen LogP contribution in [0.4, 0.5) is 0 Å². The van der Waals surface area contributed by atoms with Crippen molar-refractivity contribution in [2.45, 2.75) is 24.4 Å². The summed E-state index contributed by atoms with van der Waals surface area (Å²) in [5, 5.41) is 2.60. The maximum Gasteiger partial charge on any atom is 0.231 e. The van der Waals surface area contributed by atoms with Crippen molar-refractivity contribution in [3.8, 4) is 0 Å². The largest absolute Gasteiger partial charge is 0.380 e. The van der Waals surface area contributed by atoms with Gasteiger partial charge in [-0.05, 0) is 29.2 Å². The fraction of sp³-hybridized carbons (Fsp3) is 0.333. The van der Waals surface area contributed by atoms with Gasteiger partial charge in [0.1, 0.15) is 0 Å². The van der Waals surface area contributed by atoms with E-state index in [4.69, 9.17) is 4.74 Å². The van der Waals surface area contributed by atoms with Gasteiger partial charge in [0.2, 0.25) is 11.8 Å². The van der Waals surface area contributed by atoms with Crippen LogP contribution in [0.2, 0.25) is 0 Å². The van der Waals surface area contributed by atoms with E-state index in [2.05, 4.69) is 29.6 Å². The van der Waals surface area contributed by atoms with E-state index in [1.807, 2.05) is 31.2 Å². The molecule has 6 rings (SSSR count). The van der Waals surface area contributed by atoms with Gasteiger partial charge in [0.15, 0.2) is 0 Å². The lowest BCUT2D eigenvalue weighted by atomic mass is 9.46. The molecule has 1 saturated heterocycles. The van der Waals surface area contributed by atoms with Crippen molar-refractivity contribution in [3.05, 3.63) is 70.8 Å². The molecule has 2 amide bonds. The van der Waals surface area contributed by atoms with Gasteiger partial charge in [0.25, 0.3) is 0 Å². The third kappa shape index (κ3) is 1.52. The number of nitrogens with one attached hydrogen (secondary N) is 1. The van der Waals surface area contributed by atoms with Crippen molar-refractivity contribution in [1.82, 2.24) is 5.32 Å². The third-order valence-electron chi connectivity index (χ3n) is 6.52. The van der Waals surface area contributed by atoms with E-state index < -0.39 is 11.3 Å². The first-order valence-electron chi connectivity index (χ1n) is 8.68. The second-order valence-electron chi connectivity index (χ2n) is 7.26. The first kappa shape index (κ1) is 14.8. The third-order valence-corrected chi connectivity index (χ3v) is 6.52. The fourth-order valence-corrected chi connectivity index (χ4v) is 5.63. The van der Waals surface area contributed by atoms with Crippen LogP contribution in [0, 0.1) is 11.8 Å². The number of ether oxygens (including phenoxy) is 1. The normalized spacial score (nSPS) is 32.6. The minimum Gasteiger partial charge on any atom is -0.380 e. The molecule has 4 nitrogen and oxygen atoms in total. The van der Waals surface area contributed by atoms with Crippen LogP contribution in [0.5, 0.6) is 0 Å². The zero-order valence-electron chi connectivity index (χ0n) is 14.2. The number of methoxy groups -OCH3 is 1. The zero-order valence-corrected chi connectivity index (χ0v) is 14.2. The summed E-state index contributed by atoms with van der Waals surface area (Å²) in [7, 11) is 1.68. The Morgan fingerprint density at radius 1 is 0.960 bits per heavy atom. The van der Waals surface area contributed by atoms with Crippen LogP contribution in [0.25, 0.3) is 0 Å². The minimum atomic E-state index is -0.641. The minimum absolute atomic E-state index is 0.0743. The second-order valence-corrected chi connectivity index (χ2v) is 7.26. The highest BCUT2D eigenvalue weighted by atomic mass is 16.5. The van der Waals surface area contributed by atoms with Crippen LogP contribution < -0.4 is 5.32 Å². The van der Waals surface area contributed by atoms with Gasteiger partial charge < -0.3 is 4.74 Å². The van der Waals surface area contributed by atoms with Crippen LogP contribution in [-0.4, -0.2) is 25.0 Å². The van der Waals surface area contributed by atoms with E-state index in [0.717, 1.165) is 22.3 Å². The maximum absolute atomic E-state index is 12.9. The number of rotatable bonds is 2. The number of carbonyl (C=O) groups excluding carboxylic acids is 2. The average Bonchev–Trinajstić information content (AvgIpc) is 2.96. The van der Waals surface area contributed by atoms with E-state index >= 15 is 0 Å². The molecule has 1 N–H and O–H groups in total. The van der Waals surface area contributed by atoms with Crippen LogP contribution >= 0.6 is 0 Å². The summed E-state index contributed by atoms with van der Waals surface area (Å²) in [6.07, 6.45) is -0.236. The molecule has 0 spiro atoms. The quantitative estimate of drug-likeness (QED) is 0.859. The standard InChI is InChI=1S/C21H19NO3/c1-11(25-2)21-14-9-5-3-7-12(14)16(13-8-4-6-10-15(13)21)17-18(21)20(24)22-19(17)23/h3-11,16-18H,1-2H3,(H,22,23,24)/t11-,16?,17?,18?,21?/m0/s1. The number of hydrogen-bond donors (Lipinski definition) is 1. The maximum atomic E-state index is 12.9. The van der Waals surface area contributed by atoms with Gasteiger partial charge in [-0.1, -0.05) is 48.5 Å². The molecule has 25 heavy (non-hydrogen) atoms. The van der Waals surface area contributed by atoms with Gasteiger partial charge in [0.05, 0.1) is 23.4 Å². The Kier molecular flexibility index (Phi) is 2.85. The highest BCUT2D eigenvalue weighted by Gasteiger charge is 2.67. The molecule has 4 heteroatoms. The van der Waals surface area contributed by atoms with Gasteiger partial charge in [0, 0.05) is 13.0 Å². The summed E-state index contributed by atoms with van der Waals surface area (Å²) in [5.74, 6) is -1.20. The number of imide groups is 1. The number of benzene rings is 2. The molecule has 2 aromatic carbocycles. The summed E-state index contributed by atoms with van der Waals surface area (Å²) in [6.45, 7) is 2.01. The Hall–Kier alpha value is -2.46. The summed E-state index contributed by atoms with van der Waals surface area (Å²) >= 11 is 0. The van der Waals surface area contributed by atoms with Crippen molar-refractivity contribution in [2.75, 3.05) is 7.11 Å². The average molecular weight is 333 g/mol. The van der Waals surface area contributed by atoms with Gasteiger partial charge in [-0.15, -0.1) is 0 Å². The molecule has 0 aromatic heterocycles. The van der Waals surface area contributed by atoms with Crippen LogP contribution in [0.3, 0.4) is 0 Å². The molecule has 0 radical (unpaired) electrons. The van der Waals surface area contributed by atoms with Crippen LogP contribution in [0.15, 0.2) is 48.5 Å². The highest BCUT2D eigenvalue weighted by molar-refractivity contribution is 6.08. The van der Waals surface area contributed by atoms with E-state index in [0.29, 0.717) is 0 Å². The van der Waals surface area contributed by atoms with E-state index in [-0.39, 0.29) is 29.8 Å². The molecule has 1 fully saturated rings. The van der Waals surface area contributed by atoms with E-state index in [1.54, 1.807) is 7.11 Å². The molecule has 1 heterocycles. The first-order valence-corrected chi connectivity index (χ1v) is 8.68. The first-order chi connectivity index (χ1) is 12.1. The predicted octanol–water partition coefficient (Wildman–Crippen LogP) is 2.36. The number of hydrogen-bond acceptors (Lipinski definition) is 3. The summed E-state index contributed by atoms with van der Waals surface area (Å²) in [4.78, 5) is 25.6. The monoisotopic (exact) mass is 333 g/mol. The van der Waals surface area contributed by atoms with Crippen molar-refractivity contribution in [1.29, 1.82) is 0 Å². The topological polar surface area (TPSA) is 55.4 Å². The molecule has 4 aliphatic rings. The molecule has 3 atom stereocenters. The lowest BCUT2D eigenvalue weighted by Gasteiger charge is -2.56. The van der Waals surface area contributed by atoms with Crippen molar-refractivity contribution in [3.63, 3.8) is 0 Å². The Morgan fingerprint density at radius 2 is 1.52 bits per heavy atom. The zero-order chi connectivity index (χ0) is 17.3. The smallest absolute Gasteiger partial charge is 0.231 e. The summed E-state index contributed by atoms with van der Waals surface area (Å²) in [6, 6.07) is 16.4. The predicted molar refractivity (Wildman–Crippen MR) is 92.1 cm³/mol. The molecule has 2 aromatic rings. The Balaban J connectivity index is 1.96. The van der Waals surface area contributed by atoms with Gasteiger partial charge in [-0.3, -0.25) is 14.9 Å². The van der Waals surface area contributed by atoms with Gasteiger partial charge >= 0.3 is 0 Å². The molecular weight excluding hydrogens is 314 g/mol. The van der Waals surface area contributed by atoms with Crippen molar-refractivity contribution < 1.29 is 14.3 Å². The molecule has 0 saturated carbocycles. The summed E-state index contributed by atoms with van der Waals surface area (Å²) < 4.78 is 5.82. The SMILES string of the molecule is CO[C@@H](C)C12c3ccccc3C(c3ccccc31)C1C(=O)NC(=O)C12. The Bertz CT molecular complexity index is 871. The Morgan fingerprint density at radius 3 is 2.08 bits per heavy atom. The molecule has 126 valence electrons. The van der Waals surface area contributed by atoms with E-state index in [1.165, 1.54) is 0 Å². The molecule has 2 unspecified atom stereocenters. The highest BCUT2D eigenvalue weighted by Crippen LogP contribution is 2.64. The second kappa shape index (κ2) is 4.79. The van der Waals surface area contributed by atoms with Gasteiger partial charge in [-0.2, -0.15) is 0 Å². The Labute approximate surface area is 146 Å². The molecule has 3 aliphatic carbocycles.